The third-order valence-electron chi connectivity index (χ3n) is 3.86. The Morgan fingerprint density at radius 1 is 1.11 bits per heavy atom. The lowest BCUT2D eigenvalue weighted by atomic mass is 10.2. The average molecular weight is 433 g/mol. The van der Waals surface area contributed by atoms with E-state index in [4.69, 9.17) is 14.2 Å². The number of halogens is 1. The summed E-state index contributed by atoms with van der Waals surface area (Å²) in [7, 11) is 3.01. The molecule has 0 unspecified atom stereocenters. The molecule has 0 aliphatic rings. The number of aromatic amines is 1. The van der Waals surface area contributed by atoms with Crippen molar-refractivity contribution < 1.29 is 23.8 Å². The number of aromatic nitrogens is 1. The summed E-state index contributed by atoms with van der Waals surface area (Å²) in [5.74, 6) is -0.105. The minimum Gasteiger partial charge on any atom is -0.497 e. The topological polar surface area (TPSA) is 89.7 Å². The van der Waals surface area contributed by atoms with Crippen molar-refractivity contribution in [3.63, 3.8) is 0 Å². The van der Waals surface area contributed by atoms with Gasteiger partial charge in [0.15, 0.2) is 6.61 Å². The quantitative estimate of drug-likeness (QED) is 0.579. The highest BCUT2D eigenvalue weighted by atomic mass is 79.9. The Kier molecular flexibility index (Phi) is 5.66. The van der Waals surface area contributed by atoms with Crippen LogP contribution in [0.15, 0.2) is 46.9 Å². The van der Waals surface area contributed by atoms with E-state index in [1.54, 1.807) is 18.2 Å². The zero-order chi connectivity index (χ0) is 19.4. The monoisotopic (exact) mass is 432 g/mol. The van der Waals surface area contributed by atoms with Crippen LogP contribution in [0.25, 0.3) is 10.9 Å². The van der Waals surface area contributed by atoms with Crippen LogP contribution in [0.1, 0.15) is 10.5 Å². The van der Waals surface area contributed by atoms with Crippen LogP contribution in [-0.4, -0.2) is 37.7 Å². The second kappa shape index (κ2) is 8.13. The third kappa shape index (κ3) is 4.06. The second-order valence-corrected chi connectivity index (χ2v) is 6.34. The lowest BCUT2D eigenvalue weighted by molar-refractivity contribution is -0.119. The van der Waals surface area contributed by atoms with Crippen LogP contribution in [0, 0.1) is 0 Å². The molecule has 0 aliphatic carbocycles. The molecule has 140 valence electrons. The molecule has 0 fully saturated rings. The predicted molar refractivity (Wildman–Crippen MR) is 104 cm³/mol. The van der Waals surface area contributed by atoms with Crippen LogP contribution < -0.4 is 14.8 Å². The van der Waals surface area contributed by atoms with Crippen LogP contribution in [0.3, 0.4) is 0 Å². The van der Waals surface area contributed by atoms with E-state index in [2.05, 4.69) is 26.2 Å². The highest BCUT2D eigenvalue weighted by Crippen LogP contribution is 2.29. The molecule has 0 saturated carbocycles. The van der Waals surface area contributed by atoms with Gasteiger partial charge in [0.25, 0.3) is 5.91 Å². The number of carbonyl (C=O) groups is 2. The third-order valence-corrected chi connectivity index (χ3v) is 4.69. The minimum atomic E-state index is -0.633. The van der Waals surface area contributed by atoms with E-state index in [1.807, 2.05) is 24.3 Å². The van der Waals surface area contributed by atoms with Gasteiger partial charge in [-0.25, -0.2) is 4.79 Å². The van der Waals surface area contributed by atoms with Crippen LogP contribution >= 0.6 is 15.9 Å². The van der Waals surface area contributed by atoms with Gasteiger partial charge in [0.2, 0.25) is 0 Å². The first kappa shape index (κ1) is 18.8. The van der Waals surface area contributed by atoms with Gasteiger partial charge in [-0.3, -0.25) is 4.79 Å². The summed E-state index contributed by atoms with van der Waals surface area (Å²) in [4.78, 5) is 27.5. The lowest BCUT2D eigenvalue weighted by Crippen LogP contribution is -2.21. The van der Waals surface area contributed by atoms with Gasteiger partial charge in [-0.2, -0.15) is 0 Å². The Bertz CT molecular complexity index is 999. The first-order chi connectivity index (χ1) is 13.0. The highest BCUT2D eigenvalue weighted by molar-refractivity contribution is 9.10. The van der Waals surface area contributed by atoms with Gasteiger partial charge < -0.3 is 24.5 Å². The first-order valence-electron chi connectivity index (χ1n) is 7.98. The molecule has 0 spiro atoms. The van der Waals surface area contributed by atoms with Crippen molar-refractivity contribution in [1.29, 1.82) is 0 Å². The number of carbonyl (C=O) groups excluding carboxylic acids is 2. The summed E-state index contributed by atoms with van der Waals surface area (Å²) in [5.41, 5.74) is 1.47. The molecule has 0 aliphatic heterocycles. The van der Waals surface area contributed by atoms with Gasteiger partial charge in [-0.1, -0.05) is 18.2 Å². The van der Waals surface area contributed by atoms with Crippen LogP contribution in [0.2, 0.25) is 0 Å². The van der Waals surface area contributed by atoms with Crippen molar-refractivity contribution in [3.8, 4) is 11.5 Å². The van der Waals surface area contributed by atoms with E-state index < -0.39 is 18.5 Å². The first-order valence-corrected chi connectivity index (χ1v) is 8.78. The van der Waals surface area contributed by atoms with Crippen molar-refractivity contribution >= 4 is 44.4 Å². The molecule has 1 amide bonds. The van der Waals surface area contributed by atoms with E-state index in [-0.39, 0.29) is 5.69 Å². The van der Waals surface area contributed by atoms with E-state index in [0.717, 1.165) is 10.9 Å². The second-order valence-electron chi connectivity index (χ2n) is 5.55. The molecule has 0 saturated heterocycles. The number of para-hydroxylation sites is 1. The average Bonchev–Trinajstić information content (AvgIpc) is 3.03. The Hall–Kier alpha value is -3.00. The summed E-state index contributed by atoms with van der Waals surface area (Å²) in [6.07, 6.45) is 0. The molecule has 0 atom stereocenters. The van der Waals surface area contributed by atoms with Gasteiger partial charge >= 0.3 is 5.97 Å². The molecule has 0 radical (unpaired) electrons. The van der Waals surface area contributed by atoms with E-state index in [0.29, 0.717) is 21.7 Å². The largest absolute Gasteiger partial charge is 0.497 e. The molecule has 3 rings (SSSR count). The number of anilines is 1. The fourth-order valence-electron chi connectivity index (χ4n) is 2.55. The minimum absolute atomic E-state index is 0.253. The smallest absolute Gasteiger partial charge is 0.356 e. The van der Waals surface area contributed by atoms with Gasteiger partial charge in [0, 0.05) is 17.0 Å². The number of nitrogens with one attached hydrogen (secondary N) is 2. The van der Waals surface area contributed by atoms with Gasteiger partial charge in [0.1, 0.15) is 17.2 Å². The molecule has 8 heteroatoms. The van der Waals surface area contributed by atoms with Crippen molar-refractivity contribution in [3.05, 3.63) is 52.6 Å². The van der Waals surface area contributed by atoms with Crippen molar-refractivity contribution in [2.75, 3.05) is 26.1 Å². The maximum atomic E-state index is 12.3. The lowest BCUT2D eigenvalue weighted by Gasteiger charge is -2.11. The number of H-pyrrole nitrogens is 1. The molecular weight excluding hydrogens is 416 g/mol. The van der Waals surface area contributed by atoms with Crippen LogP contribution in [-0.2, 0) is 9.53 Å². The molecule has 3 aromatic rings. The Labute approximate surface area is 163 Å². The van der Waals surface area contributed by atoms with Gasteiger partial charge in [0.05, 0.1) is 24.4 Å². The number of fused-ring (bicyclic) bond motifs is 1. The van der Waals surface area contributed by atoms with Gasteiger partial charge in [-0.15, -0.1) is 0 Å². The zero-order valence-corrected chi connectivity index (χ0v) is 16.3. The number of ether oxygens (including phenoxy) is 3. The summed E-state index contributed by atoms with van der Waals surface area (Å²) >= 11 is 3.38. The Morgan fingerprint density at radius 2 is 1.89 bits per heavy atom. The van der Waals surface area contributed by atoms with Crippen molar-refractivity contribution in [1.82, 2.24) is 4.98 Å². The molecule has 27 heavy (non-hydrogen) atoms. The Balaban J connectivity index is 1.67. The molecule has 2 aromatic carbocycles. The predicted octanol–water partition coefficient (Wildman–Crippen LogP) is 3.74. The molecule has 1 heterocycles. The number of hydrogen-bond acceptors (Lipinski definition) is 5. The fraction of sp³-hybridized carbons (Fsp3) is 0.158. The normalized spacial score (nSPS) is 10.5. The van der Waals surface area contributed by atoms with Crippen LogP contribution in [0.5, 0.6) is 11.5 Å². The van der Waals surface area contributed by atoms with Crippen molar-refractivity contribution in [2.24, 2.45) is 0 Å². The summed E-state index contributed by atoms with van der Waals surface area (Å²) < 4.78 is 16.0. The summed E-state index contributed by atoms with van der Waals surface area (Å²) in [6, 6.07) is 12.4. The summed E-state index contributed by atoms with van der Waals surface area (Å²) in [6.45, 7) is -0.443. The number of methoxy groups -OCH3 is 2. The summed E-state index contributed by atoms with van der Waals surface area (Å²) in [5, 5.41) is 3.50. The molecular formula is C19H17BrN2O5. The number of hydrogen-bond donors (Lipinski definition) is 2. The standard InChI is InChI=1S/C19H17BrN2O5/c1-25-11-7-8-15(26-2)14(9-11)21-16(23)10-27-19(24)18-17(20)12-5-3-4-6-13(12)22-18/h3-9,22H,10H2,1-2H3,(H,21,23). The fourth-order valence-corrected chi connectivity index (χ4v) is 3.16. The number of benzene rings is 2. The number of esters is 1. The molecule has 2 N–H and O–H groups in total. The number of rotatable bonds is 6. The molecule has 7 nitrogen and oxygen atoms in total. The zero-order valence-electron chi connectivity index (χ0n) is 14.7. The van der Waals surface area contributed by atoms with E-state index in [9.17, 15) is 9.59 Å². The van der Waals surface area contributed by atoms with E-state index in [1.165, 1.54) is 14.2 Å². The Morgan fingerprint density at radius 3 is 2.59 bits per heavy atom. The molecule has 1 aromatic heterocycles. The molecule has 0 bridgehead atoms. The van der Waals surface area contributed by atoms with Crippen LogP contribution in [0.4, 0.5) is 5.69 Å². The number of amides is 1. The van der Waals surface area contributed by atoms with Crippen molar-refractivity contribution in [2.45, 2.75) is 0 Å². The highest BCUT2D eigenvalue weighted by Gasteiger charge is 2.18. The van der Waals surface area contributed by atoms with Gasteiger partial charge in [-0.05, 0) is 34.1 Å². The SMILES string of the molecule is COc1ccc(OC)c(NC(=O)COC(=O)c2[nH]c3ccccc3c2Br)c1. The maximum absolute atomic E-state index is 12.3. The maximum Gasteiger partial charge on any atom is 0.356 e. The van der Waals surface area contributed by atoms with E-state index >= 15 is 0 Å².